The van der Waals surface area contributed by atoms with Crippen LogP contribution in [0.5, 0.6) is 0 Å². The zero-order valence-electron chi connectivity index (χ0n) is 14.1. The lowest BCUT2D eigenvalue weighted by Gasteiger charge is -2.34. The molecule has 5 heteroatoms. The van der Waals surface area contributed by atoms with Gasteiger partial charge in [0.05, 0.1) is 6.10 Å². The maximum Gasteiger partial charge on any atom is 0.253 e. The van der Waals surface area contributed by atoms with Gasteiger partial charge in [-0.2, -0.15) is 0 Å². The van der Waals surface area contributed by atoms with E-state index in [2.05, 4.69) is 0 Å². The molecular formula is C20H23ClN2O2. The number of nitrogens with zero attached hydrogens (tertiary/aromatic N) is 1. The highest BCUT2D eigenvalue weighted by Crippen LogP contribution is 2.31. The van der Waals surface area contributed by atoms with E-state index < -0.39 is 6.10 Å². The van der Waals surface area contributed by atoms with Crippen LogP contribution in [0.1, 0.15) is 40.4 Å². The molecule has 1 saturated heterocycles. The number of hydrogen-bond donors (Lipinski definition) is 2. The largest absolute Gasteiger partial charge is 0.388 e. The van der Waals surface area contributed by atoms with Crippen LogP contribution in [0.4, 0.5) is 0 Å². The van der Waals surface area contributed by atoms with Crippen LogP contribution in [-0.2, 0) is 6.54 Å². The van der Waals surface area contributed by atoms with Crippen molar-refractivity contribution in [1.82, 2.24) is 4.90 Å². The molecule has 1 aliphatic rings. The van der Waals surface area contributed by atoms with Crippen molar-refractivity contribution in [1.29, 1.82) is 0 Å². The Bertz CT molecular complexity index is 707. The van der Waals surface area contributed by atoms with E-state index in [0.29, 0.717) is 30.2 Å². The molecule has 2 aromatic carbocycles. The van der Waals surface area contributed by atoms with Crippen molar-refractivity contribution in [2.75, 3.05) is 13.1 Å². The SMILES string of the molecule is NCc1ccc(C(=O)N2CCC([C@@H](O)c3ccc(Cl)cc3)CC2)cc1. The summed E-state index contributed by atoms with van der Waals surface area (Å²) in [6, 6.07) is 14.8. The fraction of sp³-hybridized carbons (Fsp3) is 0.350. The second-order valence-corrected chi connectivity index (χ2v) is 6.96. The molecule has 2 aromatic rings. The van der Waals surface area contributed by atoms with E-state index in [1.165, 1.54) is 0 Å². The number of benzene rings is 2. The van der Waals surface area contributed by atoms with Crippen molar-refractivity contribution in [2.24, 2.45) is 11.7 Å². The summed E-state index contributed by atoms with van der Waals surface area (Å²) >= 11 is 5.90. The zero-order chi connectivity index (χ0) is 17.8. The molecule has 0 aromatic heterocycles. The third kappa shape index (κ3) is 4.21. The number of amides is 1. The van der Waals surface area contributed by atoms with Crippen LogP contribution in [0.15, 0.2) is 48.5 Å². The smallest absolute Gasteiger partial charge is 0.253 e. The number of aliphatic hydroxyl groups is 1. The van der Waals surface area contributed by atoms with Crippen LogP contribution in [0, 0.1) is 5.92 Å². The number of likely N-dealkylation sites (tertiary alicyclic amines) is 1. The first-order valence-electron chi connectivity index (χ1n) is 8.60. The minimum atomic E-state index is -0.515. The molecule has 4 nitrogen and oxygen atoms in total. The molecule has 1 fully saturated rings. The van der Waals surface area contributed by atoms with Gasteiger partial charge in [-0.1, -0.05) is 35.9 Å². The molecule has 132 valence electrons. The molecule has 0 saturated carbocycles. The van der Waals surface area contributed by atoms with Crippen LogP contribution in [-0.4, -0.2) is 29.0 Å². The van der Waals surface area contributed by atoms with E-state index in [1.54, 1.807) is 12.1 Å². The Morgan fingerprint density at radius 2 is 1.72 bits per heavy atom. The molecule has 1 heterocycles. The van der Waals surface area contributed by atoms with E-state index in [-0.39, 0.29) is 11.8 Å². The lowest BCUT2D eigenvalue weighted by Crippen LogP contribution is -2.39. The molecule has 25 heavy (non-hydrogen) atoms. The van der Waals surface area contributed by atoms with Gasteiger partial charge in [0.25, 0.3) is 5.91 Å². The summed E-state index contributed by atoms with van der Waals surface area (Å²) < 4.78 is 0. The summed E-state index contributed by atoms with van der Waals surface area (Å²) in [5.74, 6) is 0.202. The Morgan fingerprint density at radius 1 is 1.12 bits per heavy atom. The van der Waals surface area contributed by atoms with Crippen molar-refractivity contribution in [3.05, 3.63) is 70.2 Å². The molecule has 0 aliphatic carbocycles. The van der Waals surface area contributed by atoms with E-state index in [4.69, 9.17) is 17.3 Å². The Labute approximate surface area is 153 Å². The highest BCUT2D eigenvalue weighted by atomic mass is 35.5. The first-order chi connectivity index (χ1) is 12.1. The Kier molecular flexibility index (Phi) is 5.74. The Morgan fingerprint density at radius 3 is 2.28 bits per heavy atom. The van der Waals surface area contributed by atoms with Gasteiger partial charge in [0.15, 0.2) is 0 Å². The lowest BCUT2D eigenvalue weighted by atomic mass is 9.87. The van der Waals surface area contributed by atoms with E-state index in [0.717, 1.165) is 24.0 Å². The maximum absolute atomic E-state index is 12.6. The van der Waals surface area contributed by atoms with E-state index in [9.17, 15) is 9.90 Å². The van der Waals surface area contributed by atoms with Crippen molar-refractivity contribution >= 4 is 17.5 Å². The fourth-order valence-corrected chi connectivity index (χ4v) is 3.44. The van der Waals surface area contributed by atoms with Crippen molar-refractivity contribution in [3.63, 3.8) is 0 Å². The van der Waals surface area contributed by atoms with Gasteiger partial charge in [0, 0.05) is 30.2 Å². The van der Waals surface area contributed by atoms with Crippen LogP contribution < -0.4 is 5.73 Å². The van der Waals surface area contributed by atoms with Gasteiger partial charge in [-0.3, -0.25) is 4.79 Å². The summed E-state index contributed by atoms with van der Waals surface area (Å²) in [5, 5.41) is 11.2. The van der Waals surface area contributed by atoms with Crippen molar-refractivity contribution in [2.45, 2.75) is 25.5 Å². The Hall–Kier alpha value is -1.88. The minimum absolute atomic E-state index is 0.0444. The summed E-state index contributed by atoms with van der Waals surface area (Å²) in [7, 11) is 0. The first kappa shape index (κ1) is 17.9. The van der Waals surface area contributed by atoms with Gasteiger partial charge in [0.1, 0.15) is 0 Å². The van der Waals surface area contributed by atoms with Crippen molar-refractivity contribution < 1.29 is 9.90 Å². The summed E-state index contributed by atoms with van der Waals surface area (Å²) in [6.07, 6.45) is 1.06. The molecule has 1 atom stereocenters. The Balaban J connectivity index is 1.59. The molecule has 0 spiro atoms. The number of carbonyl (C=O) groups excluding carboxylic acids is 1. The highest BCUT2D eigenvalue weighted by Gasteiger charge is 2.28. The average Bonchev–Trinajstić information content (AvgIpc) is 2.67. The number of carbonyl (C=O) groups is 1. The van der Waals surface area contributed by atoms with Crippen LogP contribution in [0.3, 0.4) is 0 Å². The van der Waals surface area contributed by atoms with Crippen LogP contribution >= 0.6 is 11.6 Å². The van der Waals surface area contributed by atoms with Gasteiger partial charge in [-0.05, 0) is 54.2 Å². The van der Waals surface area contributed by atoms with Crippen LogP contribution in [0.2, 0.25) is 5.02 Å². The van der Waals surface area contributed by atoms with Gasteiger partial charge in [-0.15, -0.1) is 0 Å². The fourth-order valence-electron chi connectivity index (χ4n) is 3.32. The molecule has 1 amide bonds. The molecule has 0 bridgehead atoms. The predicted molar refractivity (Wildman–Crippen MR) is 99.4 cm³/mol. The van der Waals surface area contributed by atoms with E-state index >= 15 is 0 Å². The second-order valence-electron chi connectivity index (χ2n) is 6.53. The number of aliphatic hydroxyl groups excluding tert-OH is 1. The molecule has 0 radical (unpaired) electrons. The second kappa shape index (κ2) is 8.00. The van der Waals surface area contributed by atoms with Gasteiger partial charge >= 0.3 is 0 Å². The highest BCUT2D eigenvalue weighted by molar-refractivity contribution is 6.30. The maximum atomic E-state index is 12.6. The standard InChI is InChI=1S/C20H23ClN2O2/c21-18-7-5-15(6-8-18)19(24)16-9-11-23(12-10-16)20(25)17-3-1-14(13-22)2-4-17/h1-8,16,19,24H,9-13,22H2/t19-/m0/s1. The first-order valence-corrected chi connectivity index (χ1v) is 8.98. The van der Waals surface area contributed by atoms with Gasteiger partial charge in [0.2, 0.25) is 0 Å². The third-order valence-corrected chi connectivity index (χ3v) is 5.17. The lowest BCUT2D eigenvalue weighted by molar-refractivity contribution is 0.0462. The molecule has 0 unspecified atom stereocenters. The number of piperidine rings is 1. The normalized spacial score (nSPS) is 16.7. The molecule has 1 aliphatic heterocycles. The van der Waals surface area contributed by atoms with Gasteiger partial charge < -0.3 is 15.7 Å². The minimum Gasteiger partial charge on any atom is -0.388 e. The summed E-state index contributed by atoms with van der Waals surface area (Å²) in [4.78, 5) is 14.5. The third-order valence-electron chi connectivity index (χ3n) is 4.92. The van der Waals surface area contributed by atoms with Gasteiger partial charge in [-0.25, -0.2) is 0 Å². The molecule has 3 N–H and O–H groups in total. The quantitative estimate of drug-likeness (QED) is 0.880. The van der Waals surface area contributed by atoms with Crippen LogP contribution in [0.25, 0.3) is 0 Å². The average molecular weight is 359 g/mol. The predicted octanol–water partition coefficient (Wildman–Crippen LogP) is 3.38. The number of nitrogens with two attached hydrogens (primary N) is 1. The topological polar surface area (TPSA) is 66.6 Å². The molecule has 3 rings (SSSR count). The zero-order valence-corrected chi connectivity index (χ0v) is 14.8. The van der Waals surface area contributed by atoms with Crippen molar-refractivity contribution in [3.8, 4) is 0 Å². The van der Waals surface area contributed by atoms with E-state index in [1.807, 2.05) is 41.3 Å². The number of rotatable bonds is 4. The monoisotopic (exact) mass is 358 g/mol. The number of hydrogen-bond acceptors (Lipinski definition) is 3. The summed E-state index contributed by atoms with van der Waals surface area (Å²) in [6.45, 7) is 1.79. The number of halogens is 1. The molecular weight excluding hydrogens is 336 g/mol. The summed E-state index contributed by atoms with van der Waals surface area (Å²) in [5.41, 5.74) is 8.18.